The van der Waals surface area contributed by atoms with Gasteiger partial charge >= 0.3 is 0 Å². The third kappa shape index (κ3) is 1.87. The molecule has 1 aromatic heterocycles. The minimum Gasteiger partial charge on any atom is -0.269 e. The molecule has 4 aliphatic carbocycles. The molecular formula is C16H21N2O+. The van der Waals surface area contributed by atoms with Crippen LogP contribution in [0.5, 0.6) is 0 Å². The van der Waals surface area contributed by atoms with E-state index in [0.717, 1.165) is 37.0 Å². The molecule has 0 aromatic carbocycles. The molecule has 4 saturated carbocycles. The normalized spacial score (nSPS) is 39.3. The lowest BCUT2D eigenvalue weighted by molar-refractivity contribution is -0.642. The largest absolute Gasteiger partial charge is 0.280 e. The van der Waals surface area contributed by atoms with Crippen LogP contribution in [0.25, 0.3) is 0 Å². The second kappa shape index (κ2) is 4.06. The number of aromatic nitrogens is 1. The second-order valence-corrected chi connectivity index (χ2v) is 6.92. The minimum atomic E-state index is -0.0579. The summed E-state index contributed by atoms with van der Waals surface area (Å²) >= 11 is 0. The summed E-state index contributed by atoms with van der Waals surface area (Å²) in [6.45, 7) is 0. The van der Waals surface area contributed by atoms with Crippen molar-refractivity contribution in [2.45, 2.75) is 38.5 Å². The van der Waals surface area contributed by atoms with Crippen molar-refractivity contribution in [2.75, 3.05) is 5.43 Å². The van der Waals surface area contributed by atoms with Crippen molar-refractivity contribution in [1.82, 2.24) is 0 Å². The Labute approximate surface area is 114 Å². The minimum absolute atomic E-state index is 0.0579. The Bertz CT molecular complexity index is 461. The van der Waals surface area contributed by atoms with E-state index in [-0.39, 0.29) is 11.3 Å². The molecule has 5 rings (SSSR count). The molecule has 4 fully saturated rings. The second-order valence-electron chi connectivity index (χ2n) is 6.92. The lowest BCUT2D eigenvalue weighted by Gasteiger charge is -2.55. The number of carbonyl (C=O) groups is 1. The van der Waals surface area contributed by atoms with Gasteiger partial charge in [-0.05, 0) is 56.3 Å². The van der Waals surface area contributed by atoms with Crippen molar-refractivity contribution < 1.29 is 9.47 Å². The van der Waals surface area contributed by atoms with Crippen molar-refractivity contribution in [3.05, 3.63) is 30.6 Å². The number of hydrogen-bond donors (Lipinski definition) is 1. The maximum Gasteiger partial charge on any atom is 0.280 e. The van der Waals surface area contributed by atoms with Crippen LogP contribution >= 0.6 is 0 Å². The Kier molecular flexibility index (Phi) is 2.44. The first kappa shape index (κ1) is 11.4. The van der Waals surface area contributed by atoms with Crippen LogP contribution in [0, 0.1) is 23.2 Å². The molecule has 0 aliphatic heterocycles. The first-order valence-corrected chi connectivity index (χ1v) is 7.51. The van der Waals surface area contributed by atoms with Gasteiger partial charge in [0.1, 0.15) is 0 Å². The lowest BCUT2D eigenvalue weighted by Crippen LogP contribution is -2.58. The van der Waals surface area contributed by atoms with E-state index in [0.29, 0.717) is 0 Å². The van der Waals surface area contributed by atoms with E-state index >= 15 is 0 Å². The number of nitrogens with one attached hydrogen (secondary N) is 1. The molecule has 1 aromatic rings. The van der Waals surface area contributed by atoms with Crippen LogP contribution in [0.1, 0.15) is 38.5 Å². The highest BCUT2D eigenvalue weighted by Gasteiger charge is 2.55. The van der Waals surface area contributed by atoms with Crippen molar-refractivity contribution in [3.8, 4) is 0 Å². The van der Waals surface area contributed by atoms with Gasteiger partial charge < -0.3 is 0 Å². The quantitative estimate of drug-likeness (QED) is 0.810. The fourth-order valence-corrected chi connectivity index (χ4v) is 5.10. The van der Waals surface area contributed by atoms with Crippen LogP contribution in [-0.4, -0.2) is 5.91 Å². The number of carbonyl (C=O) groups excluding carboxylic acids is 1. The molecule has 0 radical (unpaired) electrons. The van der Waals surface area contributed by atoms with Gasteiger partial charge in [0.25, 0.3) is 5.91 Å². The van der Waals surface area contributed by atoms with Crippen LogP contribution in [0.3, 0.4) is 0 Å². The number of hydrogen-bond acceptors (Lipinski definition) is 1. The Morgan fingerprint density at radius 2 is 1.47 bits per heavy atom. The Balaban J connectivity index is 1.56. The van der Waals surface area contributed by atoms with Crippen LogP contribution in [0.2, 0.25) is 0 Å². The van der Waals surface area contributed by atoms with E-state index in [1.807, 2.05) is 30.6 Å². The summed E-state index contributed by atoms with van der Waals surface area (Å²) in [4.78, 5) is 12.7. The molecule has 3 nitrogen and oxygen atoms in total. The van der Waals surface area contributed by atoms with Crippen LogP contribution in [0.15, 0.2) is 30.6 Å². The van der Waals surface area contributed by atoms with Crippen molar-refractivity contribution in [1.29, 1.82) is 0 Å². The molecule has 100 valence electrons. The van der Waals surface area contributed by atoms with Gasteiger partial charge in [-0.1, -0.05) is 10.7 Å². The van der Waals surface area contributed by atoms with Crippen molar-refractivity contribution in [3.63, 3.8) is 0 Å². The van der Waals surface area contributed by atoms with E-state index in [2.05, 4.69) is 5.43 Å². The van der Waals surface area contributed by atoms with Gasteiger partial charge in [-0.2, -0.15) is 0 Å². The maximum absolute atomic E-state index is 12.7. The smallest absolute Gasteiger partial charge is 0.269 e. The molecule has 19 heavy (non-hydrogen) atoms. The first-order chi connectivity index (χ1) is 9.23. The van der Waals surface area contributed by atoms with E-state index in [1.54, 1.807) is 4.68 Å². The standard InChI is InChI=1S/C16H20N2O/c19-15(17-18-4-2-1-3-5-18)16-9-12-6-13(10-16)8-14(7-12)11-16/h1-5,12-14H,6-11H2/p+1. The summed E-state index contributed by atoms with van der Waals surface area (Å²) in [5.74, 6) is 2.70. The average molecular weight is 257 g/mol. The third-order valence-corrected chi connectivity index (χ3v) is 5.47. The van der Waals surface area contributed by atoms with Crippen molar-refractivity contribution >= 4 is 5.91 Å². The highest BCUT2D eigenvalue weighted by Crippen LogP contribution is 2.60. The Morgan fingerprint density at radius 3 is 2.00 bits per heavy atom. The van der Waals surface area contributed by atoms with Gasteiger partial charge in [-0.3, -0.25) is 4.79 Å². The molecule has 0 unspecified atom stereocenters. The van der Waals surface area contributed by atoms with E-state index in [4.69, 9.17) is 0 Å². The average Bonchev–Trinajstić information content (AvgIpc) is 2.38. The van der Waals surface area contributed by atoms with Gasteiger partial charge in [-0.25, -0.2) is 0 Å². The number of nitrogens with zero attached hydrogens (tertiary/aromatic N) is 1. The molecule has 0 atom stereocenters. The zero-order valence-corrected chi connectivity index (χ0v) is 11.2. The predicted octanol–water partition coefficient (Wildman–Crippen LogP) is 2.26. The molecule has 1 heterocycles. The fraction of sp³-hybridized carbons (Fsp3) is 0.625. The molecule has 1 N–H and O–H groups in total. The van der Waals surface area contributed by atoms with Gasteiger partial charge in [-0.15, -0.1) is 5.43 Å². The zero-order valence-electron chi connectivity index (χ0n) is 11.2. The molecule has 0 spiro atoms. The predicted molar refractivity (Wildman–Crippen MR) is 71.6 cm³/mol. The highest BCUT2D eigenvalue weighted by atomic mass is 16.2. The third-order valence-electron chi connectivity index (χ3n) is 5.47. The summed E-state index contributed by atoms with van der Waals surface area (Å²) < 4.78 is 1.79. The zero-order chi connectivity index (χ0) is 12.9. The van der Waals surface area contributed by atoms with Gasteiger partial charge in [0, 0.05) is 12.1 Å². The lowest BCUT2D eigenvalue weighted by atomic mass is 9.49. The first-order valence-electron chi connectivity index (χ1n) is 7.51. The SMILES string of the molecule is O=C(N[n+]1ccccc1)C12CC3CC(CC(C3)C1)C2. The summed E-state index contributed by atoms with van der Waals surface area (Å²) in [6.07, 6.45) is 11.3. The maximum atomic E-state index is 12.7. The van der Waals surface area contributed by atoms with Gasteiger partial charge in [0.15, 0.2) is 12.4 Å². The van der Waals surface area contributed by atoms with Crippen LogP contribution < -0.4 is 10.1 Å². The molecule has 1 amide bonds. The van der Waals surface area contributed by atoms with E-state index in [9.17, 15) is 4.79 Å². The summed E-state index contributed by atoms with van der Waals surface area (Å²) in [5.41, 5.74) is 3.02. The van der Waals surface area contributed by atoms with Crippen LogP contribution in [-0.2, 0) is 4.79 Å². The molecule has 4 bridgehead atoms. The van der Waals surface area contributed by atoms with Gasteiger partial charge in [0.05, 0.1) is 5.41 Å². The molecule has 0 saturated heterocycles. The number of rotatable bonds is 2. The molecular weight excluding hydrogens is 236 g/mol. The molecule has 4 aliphatic rings. The fourth-order valence-electron chi connectivity index (χ4n) is 5.10. The number of amides is 1. The monoisotopic (exact) mass is 257 g/mol. The van der Waals surface area contributed by atoms with Gasteiger partial charge in [0.2, 0.25) is 0 Å². The number of pyridine rings is 1. The van der Waals surface area contributed by atoms with E-state index in [1.165, 1.54) is 19.3 Å². The summed E-state index contributed by atoms with van der Waals surface area (Å²) in [7, 11) is 0. The summed E-state index contributed by atoms with van der Waals surface area (Å²) in [5, 5.41) is 0. The Morgan fingerprint density at radius 1 is 0.947 bits per heavy atom. The topological polar surface area (TPSA) is 33.0 Å². The van der Waals surface area contributed by atoms with E-state index < -0.39 is 0 Å². The highest BCUT2D eigenvalue weighted by molar-refractivity contribution is 5.88. The molecule has 3 heteroatoms. The van der Waals surface area contributed by atoms with Crippen molar-refractivity contribution in [2.24, 2.45) is 23.2 Å². The summed E-state index contributed by atoms with van der Waals surface area (Å²) in [6, 6.07) is 5.85. The Hall–Kier alpha value is -1.38. The van der Waals surface area contributed by atoms with Crippen LogP contribution in [0.4, 0.5) is 0 Å².